The summed E-state index contributed by atoms with van der Waals surface area (Å²) in [5.74, 6) is 0.815. The maximum absolute atomic E-state index is 12.9. The highest BCUT2D eigenvalue weighted by atomic mass is 32.2. The minimum atomic E-state index is -4.49. The largest absolute Gasteiger partial charge is 0.497 e. The molecule has 4 rings (SSSR count). The number of thioether (sulfide) groups is 1. The fourth-order valence-electron chi connectivity index (χ4n) is 2.98. The van der Waals surface area contributed by atoms with Crippen LogP contribution in [0.2, 0.25) is 0 Å². The molecule has 0 bridgehead atoms. The number of methoxy groups -OCH3 is 1. The van der Waals surface area contributed by atoms with Crippen LogP contribution < -0.4 is 10.3 Å². The van der Waals surface area contributed by atoms with E-state index in [9.17, 15) is 23.2 Å². The summed E-state index contributed by atoms with van der Waals surface area (Å²) in [7, 11) is 1.52. The highest BCUT2D eigenvalue weighted by Gasteiger charge is 2.30. The van der Waals surface area contributed by atoms with Crippen LogP contribution in [0.1, 0.15) is 17.0 Å². The van der Waals surface area contributed by atoms with Crippen LogP contribution in [0.4, 0.5) is 13.2 Å². The highest BCUT2D eigenvalue weighted by molar-refractivity contribution is 7.98. The van der Waals surface area contributed by atoms with Crippen molar-refractivity contribution in [3.05, 3.63) is 75.9 Å². The Bertz CT molecular complexity index is 1430. The van der Waals surface area contributed by atoms with Gasteiger partial charge in [-0.05, 0) is 36.4 Å². The van der Waals surface area contributed by atoms with Gasteiger partial charge in [0.1, 0.15) is 17.4 Å². The first-order valence-corrected chi connectivity index (χ1v) is 10.6. The Morgan fingerprint density at radius 2 is 1.91 bits per heavy atom. The number of hydrogen-bond acceptors (Lipinski definition) is 8. The van der Waals surface area contributed by atoms with E-state index in [0.717, 1.165) is 23.9 Å². The first-order valence-electron chi connectivity index (χ1n) is 9.60. The van der Waals surface area contributed by atoms with Crippen LogP contribution in [0.5, 0.6) is 5.75 Å². The van der Waals surface area contributed by atoms with Crippen molar-refractivity contribution in [3.63, 3.8) is 0 Å². The van der Waals surface area contributed by atoms with Gasteiger partial charge >= 0.3 is 6.18 Å². The topological polar surface area (TPSA) is 118 Å². The smallest absolute Gasteiger partial charge is 0.416 e. The minimum absolute atomic E-state index is 0.00176. The van der Waals surface area contributed by atoms with Crippen LogP contribution in [-0.4, -0.2) is 27.2 Å². The van der Waals surface area contributed by atoms with E-state index in [4.69, 9.17) is 9.26 Å². The normalized spacial score (nSPS) is 11.3. The van der Waals surface area contributed by atoms with Crippen LogP contribution in [0.3, 0.4) is 0 Å². The van der Waals surface area contributed by atoms with Crippen molar-refractivity contribution in [1.82, 2.24) is 20.1 Å². The summed E-state index contributed by atoms with van der Waals surface area (Å²) in [6.45, 7) is 0. The van der Waals surface area contributed by atoms with E-state index in [-0.39, 0.29) is 39.4 Å². The van der Waals surface area contributed by atoms with Crippen molar-refractivity contribution in [3.8, 4) is 34.5 Å². The molecule has 12 heteroatoms. The zero-order valence-corrected chi connectivity index (χ0v) is 18.2. The lowest BCUT2D eigenvalue weighted by molar-refractivity contribution is -0.137. The molecule has 2 aromatic heterocycles. The number of halogens is 3. The van der Waals surface area contributed by atoms with Gasteiger partial charge in [0.15, 0.2) is 5.16 Å². The Kier molecular flexibility index (Phi) is 6.38. The fraction of sp³-hybridized carbons (Fsp3) is 0.136. The highest BCUT2D eigenvalue weighted by Crippen LogP contribution is 2.32. The molecule has 4 aromatic rings. The molecule has 0 fully saturated rings. The van der Waals surface area contributed by atoms with Crippen molar-refractivity contribution in [2.24, 2.45) is 0 Å². The number of nitrogens with one attached hydrogen (secondary N) is 1. The van der Waals surface area contributed by atoms with Gasteiger partial charge in [-0.15, -0.1) is 0 Å². The molecule has 0 spiro atoms. The fourth-order valence-corrected chi connectivity index (χ4v) is 3.68. The quantitative estimate of drug-likeness (QED) is 0.309. The van der Waals surface area contributed by atoms with Gasteiger partial charge in [-0.25, -0.2) is 4.98 Å². The van der Waals surface area contributed by atoms with E-state index in [1.54, 1.807) is 24.3 Å². The van der Waals surface area contributed by atoms with Gasteiger partial charge < -0.3 is 14.2 Å². The van der Waals surface area contributed by atoms with Gasteiger partial charge in [0, 0.05) is 11.1 Å². The monoisotopic (exact) mass is 485 g/mol. The molecule has 34 heavy (non-hydrogen) atoms. The molecule has 0 saturated heterocycles. The van der Waals surface area contributed by atoms with Crippen LogP contribution >= 0.6 is 11.8 Å². The Labute approximate surface area is 194 Å². The molecule has 0 radical (unpaired) electrons. The maximum atomic E-state index is 12.9. The molecular formula is C22H14F3N5O3S. The number of rotatable bonds is 6. The van der Waals surface area contributed by atoms with Crippen molar-refractivity contribution < 1.29 is 22.4 Å². The molecule has 2 aromatic carbocycles. The van der Waals surface area contributed by atoms with Gasteiger partial charge in [-0.3, -0.25) is 4.79 Å². The number of H-pyrrole nitrogens is 1. The first-order chi connectivity index (χ1) is 16.3. The van der Waals surface area contributed by atoms with Crippen LogP contribution in [-0.2, 0) is 11.9 Å². The Balaban J connectivity index is 1.56. The SMILES string of the molecule is COc1ccc(-c2nc(SCc3nc(-c4cccc(C(F)(F)F)c4)no3)[nH]c(=O)c2C#N)cc1. The molecule has 8 nitrogen and oxygen atoms in total. The van der Waals surface area contributed by atoms with Crippen molar-refractivity contribution in [2.75, 3.05) is 7.11 Å². The molecule has 0 aliphatic carbocycles. The number of aromatic amines is 1. The summed E-state index contributed by atoms with van der Waals surface area (Å²) in [6, 6.07) is 13.2. The lowest BCUT2D eigenvalue weighted by atomic mass is 10.1. The summed E-state index contributed by atoms with van der Waals surface area (Å²) in [5, 5.41) is 13.3. The molecule has 0 amide bonds. The molecular weight excluding hydrogens is 471 g/mol. The molecule has 0 aliphatic heterocycles. The Morgan fingerprint density at radius 3 is 2.59 bits per heavy atom. The number of hydrogen-bond donors (Lipinski definition) is 1. The molecule has 0 saturated carbocycles. The van der Waals surface area contributed by atoms with E-state index >= 15 is 0 Å². The van der Waals surface area contributed by atoms with Crippen molar-refractivity contribution >= 4 is 11.8 Å². The standard InChI is InChI=1S/C22H14F3N5O3S/c1-32-15-7-5-12(6-8-15)18-16(10-26)20(31)29-21(28-18)34-11-17-27-19(30-33-17)13-3-2-4-14(9-13)22(23,24)25/h2-9H,11H2,1H3,(H,28,29,31). The van der Waals surface area contributed by atoms with E-state index in [2.05, 4.69) is 20.1 Å². The summed E-state index contributed by atoms with van der Waals surface area (Å²) in [4.78, 5) is 23.4. The Hall–Kier alpha value is -4.11. The number of alkyl halides is 3. The van der Waals surface area contributed by atoms with Crippen molar-refractivity contribution in [2.45, 2.75) is 17.1 Å². The zero-order valence-electron chi connectivity index (χ0n) is 17.4. The summed E-state index contributed by atoms with van der Waals surface area (Å²) < 4.78 is 49.1. The number of nitriles is 1. The number of ether oxygens (including phenoxy) is 1. The lowest BCUT2D eigenvalue weighted by Crippen LogP contribution is -2.14. The predicted octanol–water partition coefficient (Wildman–Crippen LogP) is 4.68. The lowest BCUT2D eigenvalue weighted by Gasteiger charge is -2.07. The average molecular weight is 485 g/mol. The number of nitrogens with zero attached hydrogens (tertiary/aromatic N) is 4. The zero-order chi connectivity index (χ0) is 24.3. The van der Waals surface area contributed by atoms with E-state index in [1.165, 1.54) is 19.2 Å². The second kappa shape index (κ2) is 9.40. The van der Waals surface area contributed by atoms with Gasteiger partial charge in [-0.2, -0.15) is 23.4 Å². The third kappa shape index (κ3) is 4.94. The molecule has 1 N–H and O–H groups in total. The number of aromatic nitrogens is 4. The van der Waals surface area contributed by atoms with Crippen LogP contribution in [0.25, 0.3) is 22.6 Å². The first kappa shape index (κ1) is 23.1. The van der Waals surface area contributed by atoms with E-state index < -0.39 is 17.3 Å². The summed E-state index contributed by atoms with van der Waals surface area (Å²) >= 11 is 1.06. The Morgan fingerprint density at radius 1 is 1.15 bits per heavy atom. The molecule has 0 aliphatic rings. The van der Waals surface area contributed by atoms with E-state index in [1.807, 2.05) is 6.07 Å². The molecule has 172 valence electrons. The second-order valence-corrected chi connectivity index (χ2v) is 7.78. The van der Waals surface area contributed by atoms with Crippen LogP contribution in [0, 0.1) is 11.3 Å². The van der Waals surface area contributed by atoms with Crippen LogP contribution in [0.15, 0.2) is 63.0 Å². The average Bonchev–Trinajstić information content (AvgIpc) is 3.31. The van der Waals surface area contributed by atoms with Gasteiger partial charge in [0.25, 0.3) is 5.56 Å². The molecule has 0 atom stereocenters. The maximum Gasteiger partial charge on any atom is 0.416 e. The molecule has 0 unspecified atom stereocenters. The third-order valence-electron chi connectivity index (χ3n) is 4.62. The van der Waals surface area contributed by atoms with Crippen molar-refractivity contribution in [1.29, 1.82) is 5.26 Å². The predicted molar refractivity (Wildman–Crippen MR) is 116 cm³/mol. The second-order valence-electron chi connectivity index (χ2n) is 6.81. The van der Waals surface area contributed by atoms with Gasteiger partial charge in [0.05, 0.1) is 24.1 Å². The minimum Gasteiger partial charge on any atom is -0.497 e. The molecule has 2 heterocycles. The van der Waals surface area contributed by atoms with E-state index in [0.29, 0.717) is 11.3 Å². The third-order valence-corrected chi connectivity index (χ3v) is 5.48. The summed E-state index contributed by atoms with van der Waals surface area (Å²) in [5.41, 5.74) is -0.667. The van der Waals surface area contributed by atoms with Gasteiger partial charge in [-0.1, -0.05) is 29.1 Å². The number of benzene rings is 2. The summed E-state index contributed by atoms with van der Waals surface area (Å²) in [6.07, 6.45) is -4.49. The van der Waals surface area contributed by atoms with Gasteiger partial charge in [0.2, 0.25) is 11.7 Å².